The summed E-state index contributed by atoms with van der Waals surface area (Å²) in [6.45, 7) is 15.5. The molecule has 0 radical (unpaired) electrons. The highest BCUT2D eigenvalue weighted by Crippen LogP contribution is 2.23. The molecule has 5 heteroatoms. The van der Waals surface area contributed by atoms with Gasteiger partial charge in [0.25, 0.3) is 0 Å². The molecule has 0 N–H and O–H groups in total. The van der Waals surface area contributed by atoms with Gasteiger partial charge in [-0.25, -0.2) is 4.79 Å². The molecule has 2 aliphatic rings. The molecular weight excluding hydrogens is 314 g/mol. The standard InChI is InChI=1S/C20H39N3O2/c1-17(2)16-23(19-8-6-5-7-9-19)15-12-21-10-13-22(14-11-21)20(24)25-18(3)4/h17-19H,5-16H2,1-4H3. The van der Waals surface area contributed by atoms with E-state index in [1.165, 1.54) is 45.2 Å². The largest absolute Gasteiger partial charge is 0.447 e. The third-order valence-corrected chi connectivity index (χ3v) is 5.36. The molecule has 0 aromatic rings. The number of ether oxygens (including phenoxy) is 1. The van der Waals surface area contributed by atoms with Gasteiger partial charge in [-0.05, 0) is 32.6 Å². The molecule has 1 aliphatic carbocycles. The summed E-state index contributed by atoms with van der Waals surface area (Å²) in [7, 11) is 0. The smallest absolute Gasteiger partial charge is 0.410 e. The molecule has 0 aromatic carbocycles. The monoisotopic (exact) mass is 353 g/mol. The predicted octanol–water partition coefficient (Wildman–Crippen LogP) is 3.44. The van der Waals surface area contributed by atoms with Crippen molar-refractivity contribution in [3.05, 3.63) is 0 Å². The van der Waals surface area contributed by atoms with Crippen molar-refractivity contribution >= 4 is 6.09 Å². The van der Waals surface area contributed by atoms with E-state index in [0.29, 0.717) is 0 Å². The van der Waals surface area contributed by atoms with Crippen molar-refractivity contribution in [1.29, 1.82) is 0 Å². The summed E-state index contributed by atoms with van der Waals surface area (Å²) in [6, 6.07) is 0.790. The number of nitrogens with zero attached hydrogens (tertiary/aromatic N) is 3. The van der Waals surface area contributed by atoms with Crippen LogP contribution in [0.3, 0.4) is 0 Å². The highest BCUT2D eigenvalue weighted by atomic mass is 16.6. The summed E-state index contributed by atoms with van der Waals surface area (Å²) in [6.07, 6.45) is 6.78. The van der Waals surface area contributed by atoms with E-state index in [9.17, 15) is 4.79 Å². The number of carbonyl (C=O) groups is 1. The molecule has 0 atom stereocenters. The SMILES string of the molecule is CC(C)CN(CCN1CCN(C(=O)OC(C)C)CC1)C1CCCCC1. The lowest BCUT2D eigenvalue weighted by Crippen LogP contribution is -2.51. The van der Waals surface area contributed by atoms with Crippen molar-refractivity contribution in [2.45, 2.75) is 71.9 Å². The number of rotatable bonds is 7. The van der Waals surface area contributed by atoms with Crippen molar-refractivity contribution in [1.82, 2.24) is 14.7 Å². The van der Waals surface area contributed by atoms with Crippen molar-refractivity contribution in [2.24, 2.45) is 5.92 Å². The van der Waals surface area contributed by atoms with Crippen molar-refractivity contribution < 1.29 is 9.53 Å². The number of hydrogen-bond donors (Lipinski definition) is 0. The van der Waals surface area contributed by atoms with Crippen molar-refractivity contribution in [3.63, 3.8) is 0 Å². The number of carbonyl (C=O) groups excluding carboxylic acids is 1. The third kappa shape index (κ3) is 7.14. The van der Waals surface area contributed by atoms with Crippen LogP contribution in [-0.2, 0) is 4.74 Å². The summed E-state index contributed by atoms with van der Waals surface area (Å²) in [4.78, 5) is 19.1. The lowest BCUT2D eigenvalue weighted by Gasteiger charge is -2.39. The minimum atomic E-state index is -0.154. The van der Waals surface area contributed by atoms with Gasteiger partial charge in [-0.2, -0.15) is 0 Å². The van der Waals surface area contributed by atoms with Gasteiger partial charge >= 0.3 is 6.09 Å². The van der Waals surface area contributed by atoms with Gasteiger partial charge in [0, 0.05) is 51.9 Å². The van der Waals surface area contributed by atoms with E-state index in [4.69, 9.17) is 4.74 Å². The van der Waals surface area contributed by atoms with Gasteiger partial charge in [0.1, 0.15) is 0 Å². The first-order valence-corrected chi connectivity index (χ1v) is 10.4. The molecule has 2 rings (SSSR count). The molecule has 0 bridgehead atoms. The Morgan fingerprint density at radius 3 is 2.24 bits per heavy atom. The van der Waals surface area contributed by atoms with Crippen LogP contribution in [0.2, 0.25) is 0 Å². The molecule has 1 saturated heterocycles. The molecule has 1 amide bonds. The topological polar surface area (TPSA) is 36.0 Å². The Morgan fingerprint density at radius 2 is 1.68 bits per heavy atom. The summed E-state index contributed by atoms with van der Waals surface area (Å²) in [5, 5.41) is 0. The lowest BCUT2D eigenvalue weighted by atomic mass is 9.93. The predicted molar refractivity (Wildman–Crippen MR) is 103 cm³/mol. The van der Waals surface area contributed by atoms with Crippen molar-refractivity contribution in [2.75, 3.05) is 45.8 Å². The van der Waals surface area contributed by atoms with Gasteiger partial charge < -0.3 is 9.64 Å². The third-order valence-electron chi connectivity index (χ3n) is 5.36. The first-order chi connectivity index (χ1) is 12.0. The van der Waals surface area contributed by atoms with E-state index in [0.717, 1.165) is 44.7 Å². The van der Waals surface area contributed by atoms with Gasteiger partial charge in [-0.3, -0.25) is 9.80 Å². The molecular formula is C20H39N3O2. The van der Waals surface area contributed by atoms with Crippen LogP contribution in [0.25, 0.3) is 0 Å². The second-order valence-electron chi connectivity index (χ2n) is 8.44. The highest BCUT2D eigenvalue weighted by Gasteiger charge is 2.25. The number of piperazine rings is 1. The van der Waals surface area contributed by atoms with Gasteiger partial charge in [0.05, 0.1) is 6.10 Å². The van der Waals surface area contributed by atoms with Gasteiger partial charge in [0.2, 0.25) is 0 Å². The molecule has 0 unspecified atom stereocenters. The van der Waals surface area contributed by atoms with Crippen LogP contribution in [0.4, 0.5) is 4.79 Å². The minimum Gasteiger partial charge on any atom is -0.447 e. The van der Waals surface area contributed by atoms with Crippen molar-refractivity contribution in [3.8, 4) is 0 Å². The average molecular weight is 354 g/mol. The molecule has 2 fully saturated rings. The fourth-order valence-corrected chi connectivity index (χ4v) is 4.04. The minimum absolute atomic E-state index is 0.0365. The van der Waals surface area contributed by atoms with Crippen LogP contribution < -0.4 is 0 Å². The number of hydrogen-bond acceptors (Lipinski definition) is 4. The van der Waals surface area contributed by atoms with Gasteiger partial charge in [0.15, 0.2) is 0 Å². The maximum absolute atomic E-state index is 12.0. The second-order valence-corrected chi connectivity index (χ2v) is 8.44. The van der Waals surface area contributed by atoms with Crippen LogP contribution in [0.15, 0.2) is 0 Å². The fraction of sp³-hybridized carbons (Fsp3) is 0.950. The number of amides is 1. The van der Waals surface area contributed by atoms with E-state index in [2.05, 4.69) is 23.6 Å². The zero-order chi connectivity index (χ0) is 18.2. The first-order valence-electron chi connectivity index (χ1n) is 10.4. The molecule has 0 spiro atoms. The Labute approximate surface area is 154 Å². The molecule has 1 aliphatic heterocycles. The Hall–Kier alpha value is -0.810. The maximum atomic E-state index is 12.0. The van der Waals surface area contributed by atoms with E-state index < -0.39 is 0 Å². The van der Waals surface area contributed by atoms with E-state index in [1.807, 2.05) is 18.7 Å². The van der Waals surface area contributed by atoms with E-state index >= 15 is 0 Å². The Morgan fingerprint density at radius 1 is 1.04 bits per heavy atom. The second kappa shape index (κ2) is 10.4. The molecule has 146 valence electrons. The van der Waals surface area contributed by atoms with Gasteiger partial charge in [-0.15, -0.1) is 0 Å². The van der Waals surface area contributed by atoms with Crippen LogP contribution in [0, 0.1) is 5.92 Å². The Kier molecular flexibility index (Phi) is 8.50. The van der Waals surface area contributed by atoms with E-state index in [1.54, 1.807) is 0 Å². The Bertz CT molecular complexity index is 386. The molecule has 25 heavy (non-hydrogen) atoms. The van der Waals surface area contributed by atoms with Gasteiger partial charge in [-0.1, -0.05) is 33.1 Å². The van der Waals surface area contributed by atoms with E-state index in [-0.39, 0.29) is 12.2 Å². The lowest BCUT2D eigenvalue weighted by molar-refractivity contribution is 0.0520. The molecule has 5 nitrogen and oxygen atoms in total. The molecule has 1 saturated carbocycles. The zero-order valence-electron chi connectivity index (χ0n) is 16.9. The molecule has 1 heterocycles. The van der Waals surface area contributed by atoms with Crippen LogP contribution in [0.1, 0.15) is 59.8 Å². The zero-order valence-corrected chi connectivity index (χ0v) is 16.9. The quantitative estimate of drug-likeness (QED) is 0.702. The highest BCUT2D eigenvalue weighted by molar-refractivity contribution is 5.67. The normalized spacial score (nSPS) is 20.7. The summed E-state index contributed by atoms with van der Waals surface area (Å²) < 4.78 is 5.31. The van der Waals surface area contributed by atoms with Crippen LogP contribution in [0.5, 0.6) is 0 Å². The summed E-state index contributed by atoms with van der Waals surface area (Å²) in [5.41, 5.74) is 0. The first kappa shape index (κ1) is 20.5. The van der Waals surface area contributed by atoms with Crippen LogP contribution >= 0.6 is 0 Å². The summed E-state index contributed by atoms with van der Waals surface area (Å²) in [5.74, 6) is 0.726. The maximum Gasteiger partial charge on any atom is 0.410 e. The summed E-state index contributed by atoms with van der Waals surface area (Å²) >= 11 is 0. The Balaban J connectivity index is 1.74. The molecule has 0 aromatic heterocycles. The van der Waals surface area contributed by atoms with Crippen LogP contribution in [-0.4, -0.2) is 78.8 Å². The fourth-order valence-electron chi connectivity index (χ4n) is 4.04. The average Bonchev–Trinajstić information content (AvgIpc) is 2.59.